The van der Waals surface area contributed by atoms with E-state index in [0.29, 0.717) is 10.9 Å². The number of hydrogen-bond acceptors (Lipinski definition) is 4. The molecule has 0 aliphatic rings. The summed E-state index contributed by atoms with van der Waals surface area (Å²) in [6.45, 7) is -3.18. The smallest absolute Gasteiger partial charge is 0.387 e. The molecule has 0 aliphatic carbocycles. The summed E-state index contributed by atoms with van der Waals surface area (Å²) in [4.78, 5) is 23.5. The Morgan fingerprint density at radius 3 is 2.44 bits per heavy atom. The summed E-state index contributed by atoms with van der Waals surface area (Å²) >= 11 is 3.07. The van der Waals surface area contributed by atoms with Gasteiger partial charge in [0.05, 0.1) is 5.56 Å². The Kier molecular flexibility index (Phi) is 7.66. The topological polar surface area (TPSA) is 64.6 Å². The van der Waals surface area contributed by atoms with Crippen molar-refractivity contribution in [3.05, 3.63) is 63.9 Å². The van der Waals surface area contributed by atoms with Crippen LogP contribution in [0.15, 0.2) is 46.9 Å². The minimum Gasteiger partial charge on any atom is -0.452 e. The monoisotopic (exact) mass is 445 g/mol. The van der Waals surface area contributed by atoms with Gasteiger partial charge < -0.3 is 14.8 Å². The molecule has 0 aromatic heterocycles. The molecule has 0 heterocycles. The van der Waals surface area contributed by atoms with E-state index < -0.39 is 30.9 Å². The molecule has 0 spiro atoms. The largest absolute Gasteiger partial charge is 0.452 e. The van der Waals surface area contributed by atoms with Gasteiger partial charge in [0.1, 0.15) is 11.6 Å². The molecule has 5 nitrogen and oxygen atoms in total. The predicted octanol–water partition coefficient (Wildman–Crippen LogP) is 3.71. The van der Waals surface area contributed by atoms with Crippen LogP contribution in [0.25, 0.3) is 0 Å². The van der Waals surface area contributed by atoms with Crippen molar-refractivity contribution in [3.63, 3.8) is 0 Å². The van der Waals surface area contributed by atoms with Crippen LogP contribution in [0.3, 0.4) is 0 Å². The highest BCUT2D eigenvalue weighted by atomic mass is 79.9. The van der Waals surface area contributed by atoms with Crippen LogP contribution < -0.4 is 10.1 Å². The van der Waals surface area contributed by atoms with Crippen molar-refractivity contribution in [1.82, 2.24) is 5.32 Å². The van der Waals surface area contributed by atoms with Crippen molar-refractivity contribution in [2.75, 3.05) is 13.2 Å². The van der Waals surface area contributed by atoms with Crippen molar-refractivity contribution in [2.24, 2.45) is 0 Å². The average molecular weight is 446 g/mol. The predicted molar refractivity (Wildman–Crippen MR) is 94.2 cm³/mol. The number of esters is 1. The summed E-state index contributed by atoms with van der Waals surface area (Å²) in [5.41, 5.74) is 0.531. The van der Waals surface area contributed by atoms with Crippen molar-refractivity contribution < 1.29 is 32.2 Å². The molecule has 0 aliphatic heterocycles. The fourth-order valence-electron chi connectivity index (χ4n) is 2.10. The van der Waals surface area contributed by atoms with Gasteiger partial charge >= 0.3 is 12.6 Å². The number of amides is 1. The number of carbonyl (C=O) groups excluding carboxylic acids is 2. The van der Waals surface area contributed by atoms with E-state index in [1.165, 1.54) is 24.3 Å². The van der Waals surface area contributed by atoms with Crippen molar-refractivity contribution >= 4 is 27.8 Å². The number of halogens is 4. The normalized spacial score (nSPS) is 10.6. The first kappa shape index (κ1) is 20.8. The lowest BCUT2D eigenvalue weighted by molar-refractivity contribution is -0.124. The molecule has 144 valence electrons. The van der Waals surface area contributed by atoms with Gasteiger partial charge in [-0.05, 0) is 42.3 Å². The zero-order chi connectivity index (χ0) is 19.8. The first-order valence-corrected chi connectivity index (χ1v) is 8.57. The molecular formula is C18H15BrF3NO4. The highest BCUT2D eigenvalue weighted by molar-refractivity contribution is 9.10. The van der Waals surface area contributed by atoms with Gasteiger partial charge in [-0.25, -0.2) is 9.18 Å². The summed E-state index contributed by atoms with van der Waals surface area (Å²) in [5, 5.41) is 2.54. The van der Waals surface area contributed by atoms with Crippen molar-refractivity contribution in [1.29, 1.82) is 0 Å². The van der Waals surface area contributed by atoms with Crippen LogP contribution in [0.1, 0.15) is 15.9 Å². The van der Waals surface area contributed by atoms with Crippen LogP contribution in [0, 0.1) is 5.82 Å². The number of alkyl halides is 2. The summed E-state index contributed by atoms with van der Waals surface area (Å²) in [7, 11) is 0. The number of carbonyl (C=O) groups is 2. The molecule has 0 saturated carbocycles. The number of rotatable bonds is 8. The van der Waals surface area contributed by atoms with E-state index in [9.17, 15) is 22.8 Å². The van der Waals surface area contributed by atoms with Gasteiger partial charge in [-0.2, -0.15) is 8.78 Å². The van der Waals surface area contributed by atoms with E-state index in [2.05, 4.69) is 26.0 Å². The maximum Gasteiger partial charge on any atom is 0.387 e. The molecular weight excluding hydrogens is 431 g/mol. The molecule has 9 heteroatoms. The second-order valence-corrected chi connectivity index (χ2v) is 6.24. The number of ether oxygens (including phenoxy) is 2. The fourth-order valence-corrected chi connectivity index (χ4v) is 2.43. The minimum absolute atomic E-state index is 0.0462. The van der Waals surface area contributed by atoms with Crippen LogP contribution in [-0.2, 0) is 16.0 Å². The molecule has 0 radical (unpaired) electrons. The SMILES string of the molecule is O=C(COC(=O)c1ccc(Br)cc1F)NCCc1ccc(OC(F)F)cc1. The first-order chi connectivity index (χ1) is 12.8. The lowest BCUT2D eigenvalue weighted by Crippen LogP contribution is -2.30. The second-order valence-electron chi connectivity index (χ2n) is 5.32. The van der Waals surface area contributed by atoms with Crippen LogP contribution in [0.2, 0.25) is 0 Å². The first-order valence-electron chi connectivity index (χ1n) is 7.78. The summed E-state index contributed by atoms with van der Waals surface area (Å²) in [5.74, 6) is -2.19. The van der Waals surface area contributed by atoms with E-state index in [0.717, 1.165) is 11.6 Å². The van der Waals surface area contributed by atoms with Gasteiger partial charge in [0.15, 0.2) is 6.61 Å². The highest BCUT2D eigenvalue weighted by Gasteiger charge is 2.15. The van der Waals surface area contributed by atoms with Gasteiger partial charge in [-0.3, -0.25) is 4.79 Å². The van der Waals surface area contributed by atoms with Crippen LogP contribution >= 0.6 is 15.9 Å². The highest BCUT2D eigenvalue weighted by Crippen LogP contribution is 2.16. The van der Waals surface area contributed by atoms with Gasteiger partial charge in [0.2, 0.25) is 0 Å². The summed E-state index contributed by atoms with van der Waals surface area (Å²) < 4.78 is 47.2. The lowest BCUT2D eigenvalue weighted by atomic mass is 10.1. The van der Waals surface area contributed by atoms with Gasteiger partial charge in [0, 0.05) is 11.0 Å². The fraction of sp³-hybridized carbons (Fsp3) is 0.222. The third-order valence-corrected chi connectivity index (χ3v) is 3.86. The van der Waals surface area contributed by atoms with E-state index in [-0.39, 0.29) is 17.9 Å². The molecule has 2 aromatic rings. The lowest BCUT2D eigenvalue weighted by Gasteiger charge is -2.08. The molecule has 0 unspecified atom stereocenters. The third-order valence-electron chi connectivity index (χ3n) is 3.37. The average Bonchev–Trinajstić information content (AvgIpc) is 2.61. The van der Waals surface area contributed by atoms with E-state index in [1.807, 2.05) is 0 Å². The Balaban J connectivity index is 1.72. The molecule has 2 aromatic carbocycles. The van der Waals surface area contributed by atoms with E-state index >= 15 is 0 Å². The van der Waals surface area contributed by atoms with Crippen LogP contribution in [0.4, 0.5) is 13.2 Å². The zero-order valence-corrected chi connectivity index (χ0v) is 15.5. The molecule has 0 bridgehead atoms. The van der Waals surface area contributed by atoms with Gasteiger partial charge in [-0.15, -0.1) is 0 Å². The molecule has 0 fully saturated rings. The maximum atomic E-state index is 13.6. The minimum atomic E-state index is -2.89. The zero-order valence-electron chi connectivity index (χ0n) is 13.9. The van der Waals surface area contributed by atoms with Gasteiger partial charge in [0.25, 0.3) is 5.91 Å². The molecule has 1 N–H and O–H groups in total. The Bertz CT molecular complexity index is 800. The molecule has 0 saturated heterocycles. The Labute approximate surface area is 161 Å². The van der Waals surface area contributed by atoms with Crippen LogP contribution in [0.5, 0.6) is 5.75 Å². The second kappa shape index (κ2) is 9.96. The van der Waals surface area contributed by atoms with Crippen molar-refractivity contribution in [3.8, 4) is 5.75 Å². The van der Waals surface area contributed by atoms with Crippen LogP contribution in [-0.4, -0.2) is 31.6 Å². The number of benzene rings is 2. The summed E-state index contributed by atoms with van der Waals surface area (Å²) in [6, 6.07) is 9.85. The Morgan fingerprint density at radius 2 is 1.81 bits per heavy atom. The van der Waals surface area contributed by atoms with E-state index in [4.69, 9.17) is 4.74 Å². The Morgan fingerprint density at radius 1 is 1.11 bits per heavy atom. The quantitative estimate of drug-likeness (QED) is 0.629. The van der Waals surface area contributed by atoms with Gasteiger partial charge in [-0.1, -0.05) is 28.1 Å². The maximum absolute atomic E-state index is 13.6. The standard InChI is InChI=1S/C18H15BrF3NO4/c19-12-3-6-14(15(20)9-12)17(25)26-10-16(24)23-8-7-11-1-4-13(5-2-11)27-18(21)22/h1-6,9,18H,7-8,10H2,(H,23,24). The Hall–Kier alpha value is -2.55. The third kappa shape index (κ3) is 6.93. The molecule has 27 heavy (non-hydrogen) atoms. The number of hydrogen-bond donors (Lipinski definition) is 1. The van der Waals surface area contributed by atoms with Crippen molar-refractivity contribution in [2.45, 2.75) is 13.0 Å². The molecule has 2 rings (SSSR count). The summed E-state index contributed by atoms with van der Waals surface area (Å²) in [6.07, 6.45) is 0.440. The molecule has 1 amide bonds. The molecule has 0 atom stereocenters. The van der Waals surface area contributed by atoms with E-state index in [1.54, 1.807) is 12.1 Å². The number of nitrogens with one attached hydrogen (secondary N) is 1.